The summed E-state index contributed by atoms with van der Waals surface area (Å²) in [6.45, 7) is 5.19. The van der Waals surface area contributed by atoms with Crippen LogP contribution in [-0.4, -0.2) is 40.4 Å². The first kappa shape index (κ1) is 21.4. The van der Waals surface area contributed by atoms with Crippen LogP contribution in [0.2, 0.25) is 0 Å². The van der Waals surface area contributed by atoms with Crippen molar-refractivity contribution in [1.29, 1.82) is 0 Å². The molecule has 3 heterocycles. The van der Waals surface area contributed by atoms with Crippen LogP contribution in [0.5, 0.6) is 0 Å². The Morgan fingerprint density at radius 3 is 2.61 bits per heavy atom. The first-order valence-electron chi connectivity index (χ1n) is 11.7. The lowest BCUT2D eigenvalue weighted by molar-refractivity contribution is -0.130. The number of pyridine rings is 1. The highest BCUT2D eigenvalue weighted by atomic mass is 16.2. The Morgan fingerprint density at radius 2 is 1.82 bits per heavy atom. The third-order valence-corrected chi connectivity index (χ3v) is 6.83. The van der Waals surface area contributed by atoms with Crippen LogP contribution in [0.3, 0.4) is 0 Å². The van der Waals surface area contributed by atoms with Gasteiger partial charge in [-0.25, -0.2) is 0 Å². The van der Waals surface area contributed by atoms with E-state index in [1.165, 1.54) is 22.1 Å². The Hall–Kier alpha value is -3.44. The number of amides is 1. The summed E-state index contributed by atoms with van der Waals surface area (Å²) in [7, 11) is 0. The maximum atomic E-state index is 13.3. The van der Waals surface area contributed by atoms with E-state index in [4.69, 9.17) is 0 Å². The number of para-hydroxylation sites is 1. The molecule has 1 fully saturated rings. The normalized spacial score (nSPS) is 18.6. The number of nitrogens with zero attached hydrogens (tertiary/aromatic N) is 2. The quantitative estimate of drug-likeness (QED) is 0.436. The average Bonchev–Trinajstić information content (AvgIpc) is 3.46. The van der Waals surface area contributed by atoms with Gasteiger partial charge in [-0.15, -0.1) is 0 Å². The van der Waals surface area contributed by atoms with Gasteiger partial charge in [0.15, 0.2) is 0 Å². The zero-order chi connectivity index (χ0) is 22.7. The molecule has 5 heteroatoms. The summed E-state index contributed by atoms with van der Waals surface area (Å²) in [5.74, 6) is 0.171. The van der Waals surface area contributed by atoms with Gasteiger partial charge in [-0.1, -0.05) is 42.5 Å². The fourth-order valence-electron chi connectivity index (χ4n) is 5.10. The van der Waals surface area contributed by atoms with Gasteiger partial charge >= 0.3 is 0 Å². The molecule has 1 amide bonds. The zero-order valence-corrected chi connectivity index (χ0v) is 19.1. The topological polar surface area (TPSA) is 61.0 Å². The van der Waals surface area contributed by atoms with Crippen molar-refractivity contribution in [3.63, 3.8) is 0 Å². The number of likely N-dealkylation sites (tertiary alicyclic amines) is 1. The largest absolute Gasteiger partial charge is 0.361 e. The van der Waals surface area contributed by atoms with Crippen molar-refractivity contribution in [2.45, 2.75) is 26.3 Å². The molecule has 1 aliphatic rings. The lowest BCUT2D eigenvalue weighted by Gasteiger charge is -2.28. The third-order valence-electron chi connectivity index (χ3n) is 6.83. The van der Waals surface area contributed by atoms with Crippen LogP contribution in [0.15, 0.2) is 79.3 Å². The van der Waals surface area contributed by atoms with E-state index in [0.29, 0.717) is 6.54 Å². The van der Waals surface area contributed by atoms with Gasteiger partial charge in [0, 0.05) is 49.1 Å². The summed E-state index contributed by atoms with van der Waals surface area (Å²) in [5, 5.41) is 4.38. The average molecular weight is 439 g/mol. The van der Waals surface area contributed by atoms with Gasteiger partial charge in [-0.3, -0.25) is 14.7 Å². The van der Waals surface area contributed by atoms with E-state index in [-0.39, 0.29) is 5.91 Å². The number of fused-ring (bicyclic) bond motifs is 1. The molecule has 0 aliphatic carbocycles. The molecule has 168 valence electrons. The van der Waals surface area contributed by atoms with Gasteiger partial charge < -0.3 is 10.3 Å². The van der Waals surface area contributed by atoms with Crippen LogP contribution < -0.4 is 5.32 Å². The van der Waals surface area contributed by atoms with Crippen molar-refractivity contribution in [2.75, 3.05) is 19.6 Å². The summed E-state index contributed by atoms with van der Waals surface area (Å²) in [6.07, 6.45) is 7.35. The monoisotopic (exact) mass is 438 g/mol. The second-order valence-electron chi connectivity index (χ2n) is 9.07. The highest BCUT2D eigenvalue weighted by Crippen LogP contribution is 2.36. The van der Waals surface area contributed by atoms with Crippen molar-refractivity contribution in [3.05, 3.63) is 90.4 Å². The number of aromatic nitrogens is 2. The van der Waals surface area contributed by atoms with E-state index in [9.17, 15) is 4.79 Å². The van der Waals surface area contributed by atoms with E-state index < -0.39 is 5.41 Å². The molecule has 5 rings (SSSR count). The molecule has 1 unspecified atom stereocenters. The SMILES string of the molecule is CCNC(=O)C1(Cc2ccc(-c3ccncc3)cc2)CCN(Cc2c[nH]c3ccccc23)C1. The molecule has 4 aromatic rings. The maximum Gasteiger partial charge on any atom is 0.227 e. The molecule has 0 spiro atoms. The minimum Gasteiger partial charge on any atom is -0.361 e. The highest BCUT2D eigenvalue weighted by molar-refractivity contribution is 5.84. The number of hydrogen-bond donors (Lipinski definition) is 2. The number of carbonyl (C=O) groups excluding carboxylic acids is 1. The minimum absolute atomic E-state index is 0.171. The Kier molecular flexibility index (Phi) is 5.97. The second kappa shape index (κ2) is 9.20. The smallest absolute Gasteiger partial charge is 0.227 e. The van der Waals surface area contributed by atoms with Gasteiger partial charge in [0.25, 0.3) is 0 Å². The molecular formula is C28H30N4O. The number of rotatable bonds is 7. The number of H-pyrrole nitrogens is 1. The van der Waals surface area contributed by atoms with Crippen LogP contribution in [0.25, 0.3) is 22.0 Å². The predicted octanol–water partition coefficient (Wildman–Crippen LogP) is 4.80. The van der Waals surface area contributed by atoms with Crippen molar-refractivity contribution in [2.24, 2.45) is 5.41 Å². The molecule has 0 radical (unpaired) electrons. The van der Waals surface area contributed by atoms with E-state index in [2.05, 4.69) is 74.9 Å². The second-order valence-corrected chi connectivity index (χ2v) is 9.07. The lowest BCUT2D eigenvalue weighted by atomic mass is 9.79. The molecule has 2 N–H and O–H groups in total. The van der Waals surface area contributed by atoms with Crippen LogP contribution >= 0.6 is 0 Å². The van der Waals surface area contributed by atoms with Crippen LogP contribution in [0.1, 0.15) is 24.5 Å². The number of hydrogen-bond acceptors (Lipinski definition) is 3. The molecule has 1 atom stereocenters. The van der Waals surface area contributed by atoms with Crippen molar-refractivity contribution >= 4 is 16.8 Å². The summed E-state index contributed by atoms with van der Waals surface area (Å²) in [6, 6.07) is 21.1. The molecule has 2 aromatic heterocycles. The first-order chi connectivity index (χ1) is 16.2. The highest BCUT2D eigenvalue weighted by Gasteiger charge is 2.44. The molecule has 0 bridgehead atoms. The van der Waals surface area contributed by atoms with Gasteiger partial charge in [0.2, 0.25) is 5.91 Å². The lowest BCUT2D eigenvalue weighted by Crippen LogP contribution is -2.44. The number of carbonyl (C=O) groups is 1. The van der Waals surface area contributed by atoms with E-state index in [0.717, 1.165) is 43.6 Å². The van der Waals surface area contributed by atoms with Gasteiger partial charge in [-0.2, -0.15) is 0 Å². The standard InChI is InChI=1S/C28H30N4O/c1-2-30-27(33)28(17-21-7-9-22(10-8-21)23-11-14-29-15-12-23)13-16-32(20-28)19-24-18-31-26-6-4-3-5-25(24)26/h3-12,14-15,18,31H,2,13,16-17,19-20H2,1H3,(H,30,33). The number of benzene rings is 2. The maximum absolute atomic E-state index is 13.3. The molecule has 5 nitrogen and oxygen atoms in total. The predicted molar refractivity (Wildman–Crippen MR) is 133 cm³/mol. The molecule has 33 heavy (non-hydrogen) atoms. The molecule has 1 aliphatic heterocycles. The third kappa shape index (κ3) is 4.41. The summed E-state index contributed by atoms with van der Waals surface area (Å²) >= 11 is 0. The summed E-state index contributed by atoms with van der Waals surface area (Å²) in [5.41, 5.74) is 5.57. The van der Waals surface area contributed by atoms with Crippen LogP contribution in [0.4, 0.5) is 0 Å². The Balaban J connectivity index is 1.35. The fraction of sp³-hybridized carbons (Fsp3) is 0.286. The van der Waals surface area contributed by atoms with Crippen molar-refractivity contribution < 1.29 is 4.79 Å². The number of nitrogens with one attached hydrogen (secondary N) is 2. The Labute approximate surface area is 194 Å². The van der Waals surface area contributed by atoms with Crippen LogP contribution in [-0.2, 0) is 17.8 Å². The van der Waals surface area contributed by atoms with E-state index in [1.807, 2.05) is 31.5 Å². The zero-order valence-electron chi connectivity index (χ0n) is 19.1. The van der Waals surface area contributed by atoms with E-state index in [1.54, 1.807) is 0 Å². The van der Waals surface area contributed by atoms with Crippen molar-refractivity contribution in [1.82, 2.24) is 20.2 Å². The molecule has 2 aromatic carbocycles. The van der Waals surface area contributed by atoms with E-state index >= 15 is 0 Å². The molecular weight excluding hydrogens is 408 g/mol. The van der Waals surface area contributed by atoms with Gasteiger partial charge in [0.1, 0.15) is 0 Å². The first-order valence-corrected chi connectivity index (χ1v) is 11.7. The fourth-order valence-corrected chi connectivity index (χ4v) is 5.10. The Bertz CT molecular complexity index is 1230. The van der Waals surface area contributed by atoms with Gasteiger partial charge in [0.05, 0.1) is 5.41 Å². The van der Waals surface area contributed by atoms with Crippen LogP contribution in [0, 0.1) is 5.41 Å². The summed E-state index contributed by atoms with van der Waals surface area (Å²) < 4.78 is 0. The molecule has 0 saturated carbocycles. The minimum atomic E-state index is -0.402. The Morgan fingerprint density at radius 1 is 1.06 bits per heavy atom. The summed E-state index contributed by atoms with van der Waals surface area (Å²) in [4.78, 5) is 23.2. The van der Waals surface area contributed by atoms with Gasteiger partial charge in [-0.05, 0) is 66.8 Å². The number of aromatic amines is 1. The van der Waals surface area contributed by atoms with Crippen molar-refractivity contribution in [3.8, 4) is 11.1 Å². The molecule has 1 saturated heterocycles.